The number of hydrogen-bond acceptors (Lipinski definition) is 3. The molecule has 0 bridgehead atoms. The molecule has 1 atom stereocenters. The predicted molar refractivity (Wildman–Crippen MR) is 65.6 cm³/mol. The van der Waals surface area contributed by atoms with Gasteiger partial charge in [-0.3, -0.25) is 0 Å². The van der Waals surface area contributed by atoms with Crippen LogP contribution in [0.4, 0.5) is 0 Å². The molecule has 0 aliphatic heterocycles. The lowest BCUT2D eigenvalue weighted by molar-refractivity contribution is 0.175. The Balaban J connectivity index is 2.17. The average molecular weight is 234 g/mol. The molecule has 2 nitrogen and oxygen atoms in total. The number of aliphatic hydroxyl groups is 1. The smallest absolute Gasteiger partial charge is 0.0935 e. The molecular formula is C13H14O2S. The van der Waals surface area contributed by atoms with E-state index >= 15 is 0 Å². The Kier molecular flexibility index (Phi) is 3.70. The van der Waals surface area contributed by atoms with E-state index in [1.165, 1.54) is 0 Å². The summed E-state index contributed by atoms with van der Waals surface area (Å²) in [4.78, 5) is 1.12. The Bertz CT molecular complexity index is 437. The summed E-state index contributed by atoms with van der Waals surface area (Å²) in [6.45, 7) is 0. The van der Waals surface area contributed by atoms with Gasteiger partial charge in [-0.2, -0.15) is 0 Å². The molecule has 0 radical (unpaired) electrons. The van der Waals surface area contributed by atoms with Gasteiger partial charge >= 0.3 is 0 Å². The largest absolute Gasteiger partial charge is 0.472 e. The number of thioether (sulfide) groups is 1. The molecule has 0 spiro atoms. The Morgan fingerprint density at radius 1 is 1.31 bits per heavy atom. The van der Waals surface area contributed by atoms with Crippen LogP contribution in [-0.4, -0.2) is 11.4 Å². The molecule has 0 aliphatic carbocycles. The van der Waals surface area contributed by atoms with Crippen molar-refractivity contribution in [2.24, 2.45) is 0 Å². The second kappa shape index (κ2) is 5.23. The SMILES string of the molecule is CSc1ccccc1C(O)Cc1ccoc1. The lowest BCUT2D eigenvalue weighted by Crippen LogP contribution is -2.02. The minimum Gasteiger partial charge on any atom is -0.472 e. The van der Waals surface area contributed by atoms with Gasteiger partial charge < -0.3 is 9.52 Å². The summed E-state index contributed by atoms with van der Waals surface area (Å²) in [5, 5.41) is 10.1. The normalized spacial score (nSPS) is 12.6. The van der Waals surface area contributed by atoms with Crippen molar-refractivity contribution >= 4 is 11.8 Å². The third-order valence-electron chi connectivity index (χ3n) is 2.51. The fraction of sp³-hybridized carbons (Fsp3) is 0.231. The summed E-state index contributed by atoms with van der Waals surface area (Å²) in [7, 11) is 0. The van der Waals surface area contributed by atoms with Crippen LogP contribution in [-0.2, 0) is 6.42 Å². The molecule has 84 valence electrons. The van der Waals surface area contributed by atoms with E-state index in [1.807, 2.05) is 36.6 Å². The molecule has 0 saturated carbocycles. The van der Waals surface area contributed by atoms with E-state index < -0.39 is 6.10 Å². The highest BCUT2D eigenvalue weighted by atomic mass is 32.2. The van der Waals surface area contributed by atoms with Crippen LogP contribution in [0.5, 0.6) is 0 Å². The lowest BCUT2D eigenvalue weighted by atomic mass is 10.0. The van der Waals surface area contributed by atoms with Crippen LogP contribution in [0.2, 0.25) is 0 Å². The quantitative estimate of drug-likeness (QED) is 0.824. The van der Waals surface area contributed by atoms with Crippen molar-refractivity contribution in [1.29, 1.82) is 0 Å². The number of aliphatic hydroxyl groups excluding tert-OH is 1. The Labute approximate surface area is 99.3 Å². The van der Waals surface area contributed by atoms with E-state index in [4.69, 9.17) is 4.42 Å². The first-order valence-corrected chi connectivity index (χ1v) is 6.36. The summed E-state index contributed by atoms with van der Waals surface area (Å²) in [5.41, 5.74) is 2.00. The molecule has 0 aliphatic rings. The first-order valence-electron chi connectivity index (χ1n) is 5.13. The zero-order chi connectivity index (χ0) is 11.4. The first kappa shape index (κ1) is 11.3. The Hall–Kier alpha value is -1.19. The van der Waals surface area contributed by atoms with Crippen LogP contribution in [0.25, 0.3) is 0 Å². The maximum atomic E-state index is 10.1. The molecule has 1 unspecified atom stereocenters. The van der Waals surface area contributed by atoms with Gasteiger partial charge in [-0.15, -0.1) is 11.8 Å². The monoisotopic (exact) mass is 234 g/mol. The highest BCUT2D eigenvalue weighted by molar-refractivity contribution is 7.98. The maximum absolute atomic E-state index is 10.1. The molecule has 1 aromatic carbocycles. The van der Waals surface area contributed by atoms with Crippen molar-refractivity contribution in [2.45, 2.75) is 17.4 Å². The van der Waals surface area contributed by atoms with Gasteiger partial charge in [0.25, 0.3) is 0 Å². The van der Waals surface area contributed by atoms with Crippen molar-refractivity contribution in [3.63, 3.8) is 0 Å². The zero-order valence-electron chi connectivity index (χ0n) is 9.09. The fourth-order valence-electron chi connectivity index (χ4n) is 1.68. The summed E-state index contributed by atoms with van der Waals surface area (Å²) < 4.78 is 4.99. The predicted octanol–water partition coefficient (Wildman–Crippen LogP) is 3.28. The van der Waals surface area contributed by atoms with Crippen LogP contribution in [0, 0.1) is 0 Å². The molecular weight excluding hydrogens is 220 g/mol. The number of benzene rings is 1. The molecule has 2 aromatic rings. The van der Waals surface area contributed by atoms with Crippen molar-refractivity contribution in [3.8, 4) is 0 Å². The third kappa shape index (κ3) is 2.49. The van der Waals surface area contributed by atoms with Crippen molar-refractivity contribution in [1.82, 2.24) is 0 Å². The molecule has 1 N–H and O–H groups in total. The standard InChI is InChI=1S/C13H14O2S/c1-16-13-5-3-2-4-11(13)12(14)8-10-6-7-15-9-10/h2-7,9,12,14H,8H2,1H3. The Morgan fingerprint density at radius 2 is 2.12 bits per heavy atom. The van der Waals surface area contributed by atoms with Gasteiger partial charge in [-0.05, 0) is 29.5 Å². The van der Waals surface area contributed by atoms with Crippen LogP contribution in [0.15, 0.2) is 52.2 Å². The van der Waals surface area contributed by atoms with Gasteiger partial charge in [0.1, 0.15) is 0 Å². The van der Waals surface area contributed by atoms with Gasteiger partial charge in [0.05, 0.1) is 18.6 Å². The highest BCUT2D eigenvalue weighted by Gasteiger charge is 2.12. The molecule has 16 heavy (non-hydrogen) atoms. The van der Waals surface area contributed by atoms with Gasteiger partial charge in [-0.1, -0.05) is 18.2 Å². The topological polar surface area (TPSA) is 33.4 Å². The fourth-order valence-corrected chi connectivity index (χ4v) is 2.34. The van der Waals surface area contributed by atoms with Crippen LogP contribution in [0.1, 0.15) is 17.2 Å². The average Bonchev–Trinajstić information content (AvgIpc) is 2.81. The second-order valence-corrected chi connectivity index (χ2v) is 4.44. The van der Waals surface area contributed by atoms with Gasteiger partial charge in [0.2, 0.25) is 0 Å². The molecule has 0 saturated heterocycles. The minimum absolute atomic E-state index is 0.471. The molecule has 1 aromatic heterocycles. The van der Waals surface area contributed by atoms with E-state index in [0.29, 0.717) is 6.42 Å². The highest BCUT2D eigenvalue weighted by Crippen LogP contribution is 2.27. The van der Waals surface area contributed by atoms with Crippen molar-refractivity contribution in [3.05, 3.63) is 54.0 Å². The van der Waals surface area contributed by atoms with Crippen molar-refractivity contribution < 1.29 is 9.52 Å². The third-order valence-corrected chi connectivity index (χ3v) is 3.32. The summed E-state index contributed by atoms with van der Waals surface area (Å²) in [6, 6.07) is 9.81. The first-order chi connectivity index (χ1) is 7.81. The molecule has 3 heteroatoms. The van der Waals surface area contributed by atoms with Gasteiger partial charge in [0, 0.05) is 11.3 Å². The summed E-state index contributed by atoms with van der Waals surface area (Å²) in [5.74, 6) is 0. The van der Waals surface area contributed by atoms with Gasteiger partial charge in [0.15, 0.2) is 0 Å². The second-order valence-electron chi connectivity index (χ2n) is 3.59. The van der Waals surface area contributed by atoms with Crippen LogP contribution in [0.3, 0.4) is 0 Å². The number of furan rings is 1. The number of rotatable bonds is 4. The van der Waals surface area contributed by atoms with E-state index in [9.17, 15) is 5.11 Å². The van der Waals surface area contributed by atoms with E-state index in [-0.39, 0.29) is 0 Å². The maximum Gasteiger partial charge on any atom is 0.0935 e. The van der Waals surface area contributed by atoms with Crippen LogP contribution < -0.4 is 0 Å². The Morgan fingerprint density at radius 3 is 2.81 bits per heavy atom. The van der Waals surface area contributed by atoms with Crippen molar-refractivity contribution in [2.75, 3.05) is 6.26 Å². The minimum atomic E-state index is -0.471. The molecule has 2 rings (SSSR count). The zero-order valence-corrected chi connectivity index (χ0v) is 9.91. The molecule has 1 heterocycles. The van der Waals surface area contributed by atoms with E-state index in [2.05, 4.69) is 0 Å². The van der Waals surface area contributed by atoms with Gasteiger partial charge in [-0.25, -0.2) is 0 Å². The van der Waals surface area contributed by atoms with E-state index in [0.717, 1.165) is 16.0 Å². The van der Waals surface area contributed by atoms with E-state index in [1.54, 1.807) is 24.3 Å². The number of hydrogen-bond donors (Lipinski definition) is 1. The lowest BCUT2D eigenvalue weighted by Gasteiger charge is -2.13. The van der Waals surface area contributed by atoms with Crippen LogP contribution >= 0.6 is 11.8 Å². The molecule has 0 amide bonds. The summed E-state index contributed by atoms with van der Waals surface area (Å²) in [6.07, 6.45) is 5.44. The summed E-state index contributed by atoms with van der Waals surface area (Å²) >= 11 is 1.65. The molecule has 0 fully saturated rings.